The maximum absolute atomic E-state index is 10.7. The standard InChI is InChI=1S/C9H13N3O4/c1-5-7(3-4-8(13)14)10-11-12(5)6(2)9(15)16/h6H,3-4H2,1-2H3,(H,13,14)(H,15,16). The van der Waals surface area contributed by atoms with Gasteiger partial charge in [-0.25, -0.2) is 9.48 Å². The molecule has 0 saturated heterocycles. The van der Waals surface area contributed by atoms with E-state index < -0.39 is 18.0 Å². The largest absolute Gasteiger partial charge is 0.481 e. The Balaban J connectivity index is 2.84. The zero-order chi connectivity index (χ0) is 12.3. The molecule has 1 aromatic rings. The van der Waals surface area contributed by atoms with Crippen LogP contribution in [0, 0.1) is 6.92 Å². The average Bonchev–Trinajstić information content (AvgIpc) is 2.55. The minimum Gasteiger partial charge on any atom is -0.481 e. The van der Waals surface area contributed by atoms with Gasteiger partial charge < -0.3 is 10.2 Å². The van der Waals surface area contributed by atoms with Crippen LogP contribution in [0.5, 0.6) is 0 Å². The van der Waals surface area contributed by atoms with Crippen molar-refractivity contribution in [3.63, 3.8) is 0 Å². The van der Waals surface area contributed by atoms with Gasteiger partial charge in [-0.3, -0.25) is 4.79 Å². The molecule has 0 saturated carbocycles. The molecule has 0 bridgehead atoms. The summed E-state index contributed by atoms with van der Waals surface area (Å²) in [6.45, 7) is 3.17. The highest BCUT2D eigenvalue weighted by molar-refractivity contribution is 5.71. The molecule has 0 aliphatic heterocycles. The maximum Gasteiger partial charge on any atom is 0.328 e. The molecule has 1 heterocycles. The number of hydrogen-bond acceptors (Lipinski definition) is 4. The van der Waals surface area contributed by atoms with Crippen LogP contribution in [0.2, 0.25) is 0 Å². The van der Waals surface area contributed by atoms with Gasteiger partial charge in [-0.1, -0.05) is 5.21 Å². The highest BCUT2D eigenvalue weighted by Crippen LogP contribution is 2.12. The molecule has 0 radical (unpaired) electrons. The zero-order valence-electron chi connectivity index (χ0n) is 9.04. The summed E-state index contributed by atoms with van der Waals surface area (Å²) in [5, 5.41) is 24.8. The van der Waals surface area contributed by atoms with Gasteiger partial charge >= 0.3 is 11.9 Å². The second-order valence-corrected chi connectivity index (χ2v) is 3.47. The van der Waals surface area contributed by atoms with Gasteiger partial charge in [0.1, 0.15) is 6.04 Å². The second kappa shape index (κ2) is 4.73. The first kappa shape index (κ1) is 12.2. The average molecular weight is 227 g/mol. The molecular formula is C9H13N3O4. The number of aryl methyl sites for hydroxylation is 1. The number of carbonyl (C=O) groups is 2. The summed E-state index contributed by atoms with van der Waals surface area (Å²) in [4.78, 5) is 21.1. The van der Waals surface area contributed by atoms with Crippen molar-refractivity contribution < 1.29 is 19.8 Å². The van der Waals surface area contributed by atoms with Gasteiger partial charge in [0.25, 0.3) is 0 Å². The van der Waals surface area contributed by atoms with E-state index in [0.29, 0.717) is 11.4 Å². The van der Waals surface area contributed by atoms with Gasteiger partial charge in [-0.05, 0) is 13.8 Å². The predicted octanol–water partition coefficient (Wildman–Crippen LogP) is 0.249. The van der Waals surface area contributed by atoms with Crippen molar-refractivity contribution in [2.45, 2.75) is 32.7 Å². The quantitative estimate of drug-likeness (QED) is 0.746. The lowest BCUT2D eigenvalue weighted by Gasteiger charge is -2.07. The van der Waals surface area contributed by atoms with Crippen molar-refractivity contribution in [3.8, 4) is 0 Å². The third kappa shape index (κ3) is 2.56. The molecule has 0 spiro atoms. The molecule has 0 aromatic carbocycles. The highest BCUT2D eigenvalue weighted by atomic mass is 16.4. The van der Waals surface area contributed by atoms with Crippen LogP contribution in [0.1, 0.15) is 30.8 Å². The lowest BCUT2D eigenvalue weighted by Crippen LogP contribution is -2.18. The molecule has 0 aliphatic carbocycles. The number of aromatic nitrogens is 3. The fourth-order valence-electron chi connectivity index (χ4n) is 1.30. The van der Waals surface area contributed by atoms with Crippen LogP contribution in [0.4, 0.5) is 0 Å². The molecule has 88 valence electrons. The number of carboxylic acids is 2. The molecule has 7 nitrogen and oxygen atoms in total. The lowest BCUT2D eigenvalue weighted by molar-refractivity contribution is -0.141. The Labute approximate surface area is 91.7 Å². The molecule has 0 amide bonds. The van der Waals surface area contributed by atoms with Crippen LogP contribution in [0.15, 0.2) is 0 Å². The van der Waals surface area contributed by atoms with E-state index in [1.54, 1.807) is 6.92 Å². The third-order valence-electron chi connectivity index (χ3n) is 2.32. The summed E-state index contributed by atoms with van der Waals surface area (Å²) in [7, 11) is 0. The summed E-state index contributed by atoms with van der Waals surface area (Å²) in [6.07, 6.45) is 0.217. The number of carboxylic acid groups (broad SMARTS) is 2. The van der Waals surface area contributed by atoms with E-state index >= 15 is 0 Å². The van der Waals surface area contributed by atoms with Crippen molar-refractivity contribution in [2.75, 3.05) is 0 Å². The summed E-state index contributed by atoms with van der Waals surface area (Å²) in [5.41, 5.74) is 1.12. The SMILES string of the molecule is Cc1c(CCC(=O)O)nnn1C(C)C(=O)O. The van der Waals surface area contributed by atoms with E-state index in [-0.39, 0.29) is 12.8 Å². The van der Waals surface area contributed by atoms with E-state index in [0.717, 1.165) is 0 Å². The predicted molar refractivity (Wildman–Crippen MR) is 53.1 cm³/mol. The summed E-state index contributed by atoms with van der Waals surface area (Å²) in [6, 6.07) is -0.800. The topological polar surface area (TPSA) is 105 Å². The Morgan fingerprint density at radius 2 is 2.06 bits per heavy atom. The Morgan fingerprint density at radius 1 is 1.44 bits per heavy atom. The first-order chi connectivity index (χ1) is 7.43. The van der Waals surface area contributed by atoms with Crippen LogP contribution in [0.3, 0.4) is 0 Å². The van der Waals surface area contributed by atoms with E-state index in [1.165, 1.54) is 11.6 Å². The Kier molecular flexibility index (Phi) is 3.60. The van der Waals surface area contributed by atoms with E-state index in [4.69, 9.17) is 10.2 Å². The fourth-order valence-corrected chi connectivity index (χ4v) is 1.30. The normalized spacial score (nSPS) is 12.4. The Hall–Kier alpha value is -1.92. The van der Waals surface area contributed by atoms with Crippen molar-refractivity contribution in [1.82, 2.24) is 15.0 Å². The molecule has 1 atom stereocenters. The number of hydrogen-bond donors (Lipinski definition) is 2. The van der Waals surface area contributed by atoms with E-state index in [1.807, 2.05) is 0 Å². The summed E-state index contributed by atoms with van der Waals surface area (Å²) >= 11 is 0. The van der Waals surface area contributed by atoms with E-state index in [9.17, 15) is 9.59 Å². The Morgan fingerprint density at radius 3 is 2.56 bits per heavy atom. The third-order valence-corrected chi connectivity index (χ3v) is 2.32. The maximum atomic E-state index is 10.7. The van der Waals surface area contributed by atoms with Crippen molar-refractivity contribution in [1.29, 1.82) is 0 Å². The number of rotatable bonds is 5. The van der Waals surface area contributed by atoms with Gasteiger partial charge in [0.15, 0.2) is 0 Å². The molecule has 0 fully saturated rings. The van der Waals surface area contributed by atoms with Gasteiger partial charge in [0.05, 0.1) is 17.8 Å². The van der Waals surface area contributed by atoms with Crippen molar-refractivity contribution >= 4 is 11.9 Å². The molecular weight excluding hydrogens is 214 g/mol. The summed E-state index contributed by atoms with van der Waals surface area (Å²) < 4.78 is 1.28. The van der Waals surface area contributed by atoms with Crippen LogP contribution < -0.4 is 0 Å². The van der Waals surface area contributed by atoms with Gasteiger partial charge in [0.2, 0.25) is 0 Å². The van der Waals surface area contributed by atoms with Gasteiger partial charge in [-0.2, -0.15) is 0 Å². The smallest absolute Gasteiger partial charge is 0.328 e. The van der Waals surface area contributed by atoms with Crippen LogP contribution in [0.25, 0.3) is 0 Å². The fraction of sp³-hybridized carbons (Fsp3) is 0.556. The van der Waals surface area contributed by atoms with Gasteiger partial charge in [0, 0.05) is 6.42 Å². The lowest BCUT2D eigenvalue weighted by atomic mass is 10.2. The molecule has 2 N–H and O–H groups in total. The molecule has 7 heteroatoms. The zero-order valence-corrected chi connectivity index (χ0v) is 9.04. The first-order valence-electron chi connectivity index (χ1n) is 4.78. The molecule has 1 aromatic heterocycles. The first-order valence-corrected chi connectivity index (χ1v) is 4.78. The van der Waals surface area contributed by atoms with Gasteiger partial charge in [-0.15, -0.1) is 5.10 Å². The Bertz CT molecular complexity index is 413. The number of nitrogens with zero attached hydrogens (tertiary/aromatic N) is 3. The van der Waals surface area contributed by atoms with Crippen LogP contribution in [-0.2, 0) is 16.0 Å². The van der Waals surface area contributed by atoms with Crippen LogP contribution >= 0.6 is 0 Å². The monoisotopic (exact) mass is 227 g/mol. The number of aliphatic carboxylic acids is 2. The molecule has 0 aliphatic rings. The minimum atomic E-state index is -1.00. The minimum absolute atomic E-state index is 0.0407. The molecule has 1 rings (SSSR count). The summed E-state index contributed by atoms with van der Waals surface area (Å²) in [5.74, 6) is -1.92. The van der Waals surface area contributed by atoms with E-state index in [2.05, 4.69) is 10.3 Å². The van der Waals surface area contributed by atoms with Crippen LogP contribution in [-0.4, -0.2) is 37.1 Å². The highest BCUT2D eigenvalue weighted by Gasteiger charge is 2.19. The second-order valence-electron chi connectivity index (χ2n) is 3.47. The molecule has 16 heavy (non-hydrogen) atoms. The van der Waals surface area contributed by atoms with Crippen molar-refractivity contribution in [3.05, 3.63) is 11.4 Å². The molecule has 1 unspecified atom stereocenters. The van der Waals surface area contributed by atoms with Crippen molar-refractivity contribution in [2.24, 2.45) is 0 Å².